The molecule has 2 amide bonds. The Morgan fingerprint density at radius 2 is 1.93 bits per heavy atom. The molecule has 2 aromatic rings. The summed E-state index contributed by atoms with van der Waals surface area (Å²) < 4.78 is 0. The third-order valence-corrected chi connectivity index (χ3v) is 7.17. The maximum Gasteiger partial charge on any atom is 0.248 e. The summed E-state index contributed by atoms with van der Waals surface area (Å²) in [5, 5.41) is 14.9. The Morgan fingerprint density at radius 1 is 1.14 bits per heavy atom. The lowest BCUT2D eigenvalue weighted by molar-refractivity contribution is -0.144. The van der Waals surface area contributed by atoms with Crippen molar-refractivity contribution < 1.29 is 14.8 Å². The predicted octanol–water partition coefficient (Wildman–Crippen LogP) is 2.42. The minimum atomic E-state index is -0.552. The zero-order chi connectivity index (χ0) is 20.0. The van der Waals surface area contributed by atoms with Gasteiger partial charge < -0.3 is 10.2 Å². The molecule has 3 N–H and O–H groups in total. The van der Waals surface area contributed by atoms with Crippen LogP contribution in [0.3, 0.4) is 0 Å². The Kier molecular flexibility index (Phi) is 4.56. The molecule has 152 valence electrons. The molecule has 1 unspecified atom stereocenters. The fraction of sp³-hybridized carbons (Fsp3) is 0.478. The molecule has 1 spiro atoms. The molecule has 3 atom stereocenters. The van der Waals surface area contributed by atoms with Crippen LogP contribution in [0.15, 0.2) is 42.5 Å². The first-order valence-electron chi connectivity index (χ1n) is 10.5. The average Bonchev–Trinajstić information content (AvgIpc) is 3.32. The van der Waals surface area contributed by atoms with Crippen LogP contribution in [0.2, 0.25) is 0 Å². The predicted molar refractivity (Wildman–Crippen MR) is 109 cm³/mol. The Bertz CT molecular complexity index is 955. The van der Waals surface area contributed by atoms with Gasteiger partial charge in [-0.05, 0) is 47.4 Å². The second kappa shape index (κ2) is 7.11. The molecule has 0 aromatic heterocycles. The van der Waals surface area contributed by atoms with Crippen LogP contribution in [0.1, 0.15) is 37.2 Å². The molecule has 0 bridgehead atoms. The van der Waals surface area contributed by atoms with Gasteiger partial charge in [0.25, 0.3) is 0 Å². The second-order valence-electron chi connectivity index (χ2n) is 9.02. The van der Waals surface area contributed by atoms with E-state index in [9.17, 15) is 9.59 Å². The van der Waals surface area contributed by atoms with Crippen LogP contribution in [0.25, 0.3) is 10.8 Å². The van der Waals surface area contributed by atoms with E-state index >= 15 is 0 Å². The van der Waals surface area contributed by atoms with E-state index < -0.39 is 17.9 Å². The lowest BCUT2D eigenvalue weighted by Crippen LogP contribution is -2.58. The van der Waals surface area contributed by atoms with Gasteiger partial charge in [-0.25, -0.2) is 5.48 Å². The highest BCUT2D eigenvalue weighted by Gasteiger charge is 2.53. The molecule has 3 aliphatic rings. The van der Waals surface area contributed by atoms with Crippen LogP contribution in [-0.2, 0) is 9.59 Å². The van der Waals surface area contributed by atoms with Gasteiger partial charge in [0.2, 0.25) is 11.8 Å². The standard InChI is InChI=1S/C23H27N3O3/c27-21(25-29)19-12-23(8-9-23)14-24-20(19)22(28)26-10-7-18(13-26)17-6-5-15-3-1-2-4-16(15)11-17/h1-6,11,18-20,24,29H,7-10,12-14H2,(H,25,27)/t18?,19-,20-/m0/s1. The molecule has 2 saturated heterocycles. The number of carbonyl (C=O) groups excluding carboxylic acids is 2. The molecule has 2 aromatic carbocycles. The van der Waals surface area contributed by atoms with E-state index in [1.54, 1.807) is 5.48 Å². The highest BCUT2D eigenvalue weighted by Crippen LogP contribution is 2.52. The first kappa shape index (κ1) is 18.6. The number of likely N-dealkylation sites (tertiary alicyclic amines) is 1. The van der Waals surface area contributed by atoms with E-state index in [0.29, 0.717) is 25.4 Å². The fourth-order valence-electron chi connectivity index (χ4n) is 5.16. The van der Waals surface area contributed by atoms with E-state index in [1.165, 1.54) is 16.3 Å². The summed E-state index contributed by atoms with van der Waals surface area (Å²) in [6.07, 6.45) is 3.77. The maximum absolute atomic E-state index is 13.3. The molecule has 3 fully saturated rings. The van der Waals surface area contributed by atoms with Gasteiger partial charge >= 0.3 is 0 Å². The van der Waals surface area contributed by atoms with Crippen molar-refractivity contribution in [3.05, 3.63) is 48.0 Å². The van der Waals surface area contributed by atoms with Crippen LogP contribution < -0.4 is 10.8 Å². The summed E-state index contributed by atoms with van der Waals surface area (Å²) in [4.78, 5) is 27.4. The van der Waals surface area contributed by atoms with Gasteiger partial charge in [-0.2, -0.15) is 0 Å². The monoisotopic (exact) mass is 393 g/mol. The lowest BCUT2D eigenvalue weighted by atomic mass is 9.81. The number of nitrogens with zero attached hydrogens (tertiary/aromatic N) is 1. The molecule has 5 rings (SSSR count). The van der Waals surface area contributed by atoms with Gasteiger partial charge in [0, 0.05) is 25.6 Å². The van der Waals surface area contributed by atoms with Crippen molar-refractivity contribution in [3.63, 3.8) is 0 Å². The Morgan fingerprint density at radius 3 is 2.69 bits per heavy atom. The number of fused-ring (bicyclic) bond motifs is 1. The van der Waals surface area contributed by atoms with E-state index in [0.717, 1.165) is 25.8 Å². The maximum atomic E-state index is 13.3. The first-order chi connectivity index (χ1) is 14.1. The molecule has 2 aliphatic heterocycles. The van der Waals surface area contributed by atoms with Gasteiger partial charge in [0.05, 0.1) is 12.0 Å². The number of hydrogen-bond acceptors (Lipinski definition) is 4. The molecule has 6 nitrogen and oxygen atoms in total. The molecule has 0 radical (unpaired) electrons. The summed E-state index contributed by atoms with van der Waals surface area (Å²) in [5.41, 5.74) is 3.18. The number of carbonyl (C=O) groups is 2. The van der Waals surface area contributed by atoms with Crippen LogP contribution in [0, 0.1) is 11.3 Å². The second-order valence-corrected chi connectivity index (χ2v) is 9.02. The largest absolute Gasteiger partial charge is 0.341 e. The molecular formula is C23H27N3O3. The number of rotatable bonds is 3. The average molecular weight is 393 g/mol. The molecule has 1 saturated carbocycles. The Balaban J connectivity index is 1.30. The van der Waals surface area contributed by atoms with Crippen LogP contribution >= 0.6 is 0 Å². The van der Waals surface area contributed by atoms with Crippen molar-refractivity contribution in [1.82, 2.24) is 15.7 Å². The summed E-state index contributed by atoms with van der Waals surface area (Å²) in [6, 6.07) is 14.3. The summed E-state index contributed by atoms with van der Waals surface area (Å²) in [5.74, 6) is -0.667. The molecule has 2 heterocycles. The van der Waals surface area contributed by atoms with Gasteiger partial charge in [0.15, 0.2) is 0 Å². The highest BCUT2D eigenvalue weighted by atomic mass is 16.5. The Hall–Kier alpha value is -2.44. The zero-order valence-electron chi connectivity index (χ0n) is 16.4. The quantitative estimate of drug-likeness (QED) is 0.553. The number of benzene rings is 2. The van der Waals surface area contributed by atoms with E-state index in [4.69, 9.17) is 5.21 Å². The van der Waals surface area contributed by atoms with Crippen molar-refractivity contribution >= 4 is 22.6 Å². The van der Waals surface area contributed by atoms with Gasteiger partial charge in [0.1, 0.15) is 0 Å². The molecular weight excluding hydrogens is 366 g/mol. The minimum absolute atomic E-state index is 0.0163. The lowest BCUT2D eigenvalue weighted by Gasteiger charge is -2.37. The number of hydrogen-bond donors (Lipinski definition) is 3. The molecule has 6 heteroatoms. The number of amides is 2. The number of piperidine rings is 1. The van der Waals surface area contributed by atoms with Gasteiger partial charge in [-0.15, -0.1) is 0 Å². The van der Waals surface area contributed by atoms with E-state index in [2.05, 4.69) is 35.6 Å². The van der Waals surface area contributed by atoms with E-state index in [-0.39, 0.29) is 11.3 Å². The third-order valence-electron chi connectivity index (χ3n) is 7.17. The molecule has 29 heavy (non-hydrogen) atoms. The van der Waals surface area contributed by atoms with Crippen molar-refractivity contribution in [2.75, 3.05) is 19.6 Å². The smallest absolute Gasteiger partial charge is 0.248 e. The van der Waals surface area contributed by atoms with Crippen molar-refractivity contribution in [1.29, 1.82) is 0 Å². The van der Waals surface area contributed by atoms with Gasteiger partial charge in [-0.3, -0.25) is 14.8 Å². The van der Waals surface area contributed by atoms with Crippen LogP contribution in [0.5, 0.6) is 0 Å². The highest BCUT2D eigenvalue weighted by molar-refractivity contribution is 5.90. The summed E-state index contributed by atoms with van der Waals surface area (Å²) in [6.45, 7) is 2.15. The first-order valence-corrected chi connectivity index (χ1v) is 10.5. The minimum Gasteiger partial charge on any atom is -0.341 e. The van der Waals surface area contributed by atoms with Crippen LogP contribution in [0.4, 0.5) is 0 Å². The van der Waals surface area contributed by atoms with Gasteiger partial charge in [-0.1, -0.05) is 42.5 Å². The van der Waals surface area contributed by atoms with Crippen molar-refractivity contribution in [3.8, 4) is 0 Å². The summed E-state index contributed by atoms with van der Waals surface area (Å²) in [7, 11) is 0. The normalized spacial score (nSPS) is 27.9. The number of hydroxylamine groups is 1. The van der Waals surface area contributed by atoms with E-state index in [1.807, 2.05) is 17.0 Å². The molecule has 1 aliphatic carbocycles. The fourth-order valence-corrected chi connectivity index (χ4v) is 5.16. The van der Waals surface area contributed by atoms with Crippen molar-refractivity contribution in [2.45, 2.75) is 37.6 Å². The Labute approximate surface area is 170 Å². The summed E-state index contributed by atoms with van der Waals surface area (Å²) >= 11 is 0. The zero-order valence-corrected chi connectivity index (χ0v) is 16.4. The topological polar surface area (TPSA) is 81.7 Å². The SMILES string of the molecule is O=C(NO)[C@H]1CC2(CC2)CN[C@@H]1C(=O)N1CCC(c2ccc3ccccc3c2)C1. The number of nitrogens with one attached hydrogen (secondary N) is 2. The third kappa shape index (κ3) is 3.40. The van der Waals surface area contributed by atoms with Crippen molar-refractivity contribution in [2.24, 2.45) is 11.3 Å². The van der Waals surface area contributed by atoms with Crippen LogP contribution in [-0.4, -0.2) is 47.6 Å².